The van der Waals surface area contributed by atoms with Crippen molar-refractivity contribution in [3.05, 3.63) is 22.7 Å². The molecule has 1 aliphatic rings. The molecule has 106 valence electrons. The van der Waals surface area contributed by atoms with Crippen molar-refractivity contribution in [2.24, 2.45) is 0 Å². The first-order chi connectivity index (χ1) is 9.03. The predicted octanol–water partition coefficient (Wildman–Crippen LogP) is 2.80. The van der Waals surface area contributed by atoms with Gasteiger partial charge in [0.25, 0.3) is 0 Å². The van der Waals surface area contributed by atoms with Gasteiger partial charge in [-0.3, -0.25) is 0 Å². The third-order valence-corrected chi connectivity index (χ3v) is 5.58. The fourth-order valence-electron chi connectivity index (χ4n) is 2.12. The van der Waals surface area contributed by atoms with Crippen molar-refractivity contribution in [1.29, 1.82) is 0 Å². The quantitative estimate of drug-likeness (QED) is 0.820. The fourth-order valence-corrected chi connectivity index (χ4v) is 4.19. The molecule has 6 heteroatoms. The molecule has 0 saturated carbocycles. The topological polar surface area (TPSA) is 52.6 Å². The molecule has 1 unspecified atom stereocenters. The van der Waals surface area contributed by atoms with Crippen LogP contribution in [0.2, 0.25) is 0 Å². The van der Waals surface area contributed by atoms with Gasteiger partial charge in [-0.25, -0.2) is 8.42 Å². The third-order valence-electron chi connectivity index (χ3n) is 3.21. The number of hydrogen-bond acceptors (Lipinski definition) is 4. The van der Waals surface area contributed by atoms with E-state index in [-0.39, 0.29) is 11.9 Å². The number of hydrogen-bond donors (Lipinski definition) is 0. The van der Waals surface area contributed by atoms with Crippen LogP contribution in [0.15, 0.2) is 27.6 Å². The minimum Gasteiger partial charge on any atom is -0.496 e. The minimum atomic E-state index is -3.26. The molecule has 2 rings (SSSR count). The molecule has 0 spiro atoms. The van der Waals surface area contributed by atoms with Crippen molar-refractivity contribution in [2.75, 3.05) is 19.5 Å². The van der Waals surface area contributed by atoms with Gasteiger partial charge < -0.3 is 9.47 Å². The molecule has 1 saturated heterocycles. The van der Waals surface area contributed by atoms with Crippen LogP contribution < -0.4 is 4.74 Å². The lowest BCUT2D eigenvalue weighted by molar-refractivity contribution is 0.109. The van der Waals surface area contributed by atoms with Gasteiger partial charge in [-0.2, -0.15) is 0 Å². The highest BCUT2D eigenvalue weighted by atomic mass is 79.9. The first-order valence-corrected chi connectivity index (χ1v) is 8.65. The first-order valence-electron chi connectivity index (χ1n) is 6.21. The second-order valence-electron chi connectivity index (χ2n) is 4.54. The average Bonchev–Trinajstić information content (AvgIpc) is 2.89. The molecule has 1 fully saturated rings. The van der Waals surface area contributed by atoms with Crippen LogP contribution in [0, 0.1) is 0 Å². The van der Waals surface area contributed by atoms with Crippen molar-refractivity contribution in [3.8, 4) is 5.75 Å². The average molecular weight is 349 g/mol. The van der Waals surface area contributed by atoms with E-state index in [0.29, 0.717) is 21.5 Å². The summed E-state index contributed by atoms with van der Waals surface area (Å²) in [6.45, 7) is 0.749. The van der Waals surface area contributed by atoms with Gasteiger partial charge in [-0.15, -0.1) is 0 Å². The van der Waals surface area contributed by atoms with E-state index in [1.165, 1.54) is 0 Å². The zero-order valence-electron chi connectivity index (χ0n) is 10.8. The summed E-state index contributed by atoms with van der Waals surface area (Å²) < 4.78 is 35.6. The van der Waals surface area contributed by atoms with E-state index in [9.17, 15) is 8.42 Å². The Morgan fingerprint density at radius 3 is 2.84 bits per heavy atom. The molecule has 0 amide bonds. The van der Waals surface area contributed by atoms with Crippen LogP contribution in [-0.4, -0.2) is 34.0 Å². The molecular weight excluding hydrogens is 332 g/mol. The van der Waals surface area contributed by atoms with E-state index in [0.717, 1.165) is 19.4 Å². The summed E-state index contributed by atoms with van der Waals surface area (Å²) in [5.74, 6) is 0.745. The Bertz CT molecular complexity index is 536. The van der Waals surface area contributed by atoms with Crippen LogP contribution in [0.5, 0.6) is 5.75 Å². The van der Waals surface area contributed by atoms with E-state index in [2.05, 4.69) is 15.9 Å². The molecule has 1 aromatic rings. The molecule has 0 radical (unpaired) electrons. The van der Waals surface area contributed by atoms with Gasteiger partial charge in [0, 0.05) is 6.61 Å². The molecule has 4 nitrogen and oxygen atoms in total. The smallest absolute Gasteiger partial charge is 0.178 e. The summed E-state index contributed by atoms with van der Waals surface area (Å²) in [5, 5.41) is 0. The van der Waals surface area contributed by atoms with Crippen LogP contribution >= 0.6 is 15.9 Å². The molecule has 0 N–H and O–H groups in total. The monoisotopic (exact) mass is 348 g/mol. The van der Waals surface area contributed by atoms with E-state index in [1.54, 1.807) is 25.3 Å². The molecule has 1 aliphatic heterocycles. The Labute approximate surface area is 122 Å². The molecule has 0 bridgehead atoms. The highest BCUT2D eigenvalue weighted by Crippen LogP contribution is 2.28. The maximum atomic E-state index is 12.2. The van der Waals surface area contributed by atoms with Crippen LogP contribution in [-0.2, 0) is 14.6 Å². The van der Waals surface area contributed by atoms with E-state index in [4.69, 9.17) is 9.47 Å². The summed E-state index contributed by atoms with van der Waals surface area (Å²) in [6, 6.07) is 4.82. The summed E-state index contributed by atoms with van der Waals surface area (Å²) >= 11 is 3.30. The lowest BCUT2D eigenvalue weighted by atomic mass is 10.2. The maximum Gasteiger partial charge on any atom is 0.178 e. The number of rotatable bonds is 5. The van der Waals surface area contributed by atoms with Crippen LogP contribution in [0.1, 0.15) is 19.3 Å². The van der Waals surface area contributed by atoms with Crippen LogP contribution in [0.4, 0.5) is 0 Å². The van der Waals surface area contributed by atoms with Crippen LogP contribution in [0.3, 0.4) is 0 Å². The number of halogens is 1. The highest BCUT2D eigenvalue weighted by molar-refractivity contribution is 9.10. The first kappa shape index (κ1) is 14.8. The SMILES string of the molecule is COc1ccc(S(=O)(=O)CCC2CCCO2)cc1Br. The third kappa shape index (κ3) is 3.70. The normalized spacial score (nSPS) is 19.6. The molecule has 1 aromatic carbocycles. The van der Waals surface area contributed by atoms with Crippen molar-refractivity contribution >= 4 is 25.8 Å². The van der Waals surface area contributed by atoms with Gasteiger partial charge in [0.2, 0.25) is 0 Å². The van der Waals surface area contributed by atoms with Gasteiger partial charge in [-0.1, -0.05) is 0 Å². The van der Waals surface area contributed by atoms with Gasteiger partial charge in [0.1, 0.15) is 5.75 Å². The van der Waals surface area contributed by atoms with Gasteiger partial charge in [0.05, 0.1) is 28.3 Å². The summed E-state index contributed by atoms with van der Waals surface area (Å²) in [5.41, 5.74) is 0. The van der Waals surface area contributed by atoms with Crippen LogP contribution in [0.25, 0.3) is 0 Å². The van der Waals surface area contributed by atoms with Gasteiger partial charge in [-0.05, 0) is 53.4 Å². The lowest BCUT2D eigenvalue weighted by Crippen LogP contribution is -2.14. The number of ether oxygens (including phenoxy) is 2. The Morgan fingerprint density at radius 2 is 2.26 bits per heavy atom. The number of benzene rings is 1. The van der Waals surface area contributed by atoms with E-state index in [1.807, 2.05) is 0 Å². The summed E-state index contributed by atoms with van der Waals surface area (Å²) in [4.78, 5) is 0.318. The van der Waals surface area contributed by atoms with E-state index >= 15 is 0 Å². The zero-order chi connectivity index (χ0) is 13.9. The zero-order valence-corrected chi connectivity index (χ0v) is 13.2. The largest absolute Gasteiger partial charge is 0.496 e. The molecule has 1 heterocycles. The lowest BCUT2D eigenvalue weighted by Gasteiger charge is -2.10. The van der Waals surface area contributed by atoms with Crippen molar-refractivity contribution in [3.63, 3.8) is 0 Å². The minimum absolute atomic E-state index is 0.0939. The highest BCUT2D eigenvalue weighted by Gasteiger charge is 2.21. The number of sulfone groups is 1. The molecular formula is C13H17BrO4S. The Morgan fingerprint density at radius 1 is 1.47 bits per heavy atom. The summed E-state index contributed by atoms with van der Waals surface area (Å²) in [7, 11) is -1.71. The molecule has 1 atom stereocenters. The second-order valence-corrected chi connectivity index (χ2v) is 7.50. The van der Waals surface area contributed by atoms with Crippen molar-refractivity contribution in [1.82, 2.24) is 0 Å². The van der Waals surface area contributed by atoms with Gasteiger partial charge >= 0.3 is 0 Å². The van der Waals surface area contributed by atoms with Gasteiger partial charge in [0.15, 0.2) is 9.84 Å². The Kier molecular flexibility index (Phi) is 4.86. The van der Waals surface area contributed by atoms with Crippen molar-refractivity contribution < 1.29 is 17.9 Å². The van der Waals surface area contributed by atoms with E-state index < -0.39 is 9.84 Å². The molecule has 19 heavy (non-hydrogen) atoms. The summed E-state index contributed by atoms with van der Waals surface area (Å²) in [6.07, 6.45) is 2.64. The predicted molar refractivity (Wildman–Crippen MR) is 76.3 cm³/mol. The van der Waals surface area contributed by atoms with Crippen molar-refractivity contribution in [2.45, 2.75) is 30.3 Å². The fraction of sp³-hybridized carbons (Fsp3) is 0.538. The molecule has 0 aromatic heterocycles. The maximum absolute atomic E-state index is 12.2. The Balaban J connectivity index is 2.08. The number of methoxy groups -OCH3 is 1. The Hall–Kier alpha value is -0.590. The second kappa shape index (κ2) is 6.24. The molecule has 0 aliphatic carbocycles. The standard InChI is InChI=1S/C13H17BrO4S/c1-17-13-5-4-11(9-12(13)14)19(15,16)8-6-10-3-2-7-18-10/h4-5,9-10H,2-3,6-8H2,1H3.